The van der Waals surface area contributed by atoms with E-state index in [9.17, 15) is 4.79 Å². The van der Waals surface area contributed by atoms with Crippen LogP contribution in [0.3, 0.4) is 0 Å². The summed E-state index contributed by atoms with van der Waals surface area (Å²) in [5, 5.41) is 0. The number of nitrogens with zero attached hydrogens (tertiary/aromatic N) is 1. The minimum atomic E-state index is 0.0651. The smallest absolute Gasteiger partial charge is 0.228 e. The van der Waals surface area contributed by atoms with E-state index in [1.807, 2.05) is 0 Å². The van der Waals surface area contributed by atoms with E-state index in [-0.39, 0.29) is 5.41 Å². The highest BCUT2D eigenvalue weighted by Gasteiger charge is 2.60. The van der Waals surface area contributed by atoms with E-state index in [1.165, 1.54) is 38.5 Å². The highest BCUT2D eigenvalue weighted by molar-refractivity contribution is 5.84. The topological polar surface area (TPSA) is 46.3 Å². The first-order valence-corrected chi connectivity index (χ1v) is 8.19. The van der Waals surface area contributed by atoms with Crippen molar-refractivity contribution >= 4 is 5.91 Å². The van der Waals surface area contributed by atoms with Crippen molar-refractivity contribution in [3.8, 4) is 0 Å². The zero-order valence-electron chi connectivity index (χ0n) is 11.6. The summed E-state index contributed by atoms with van der Waals surface area (Å²) in [7, 11) is 0. The first-order valence-electron chi connectivity index (χ1n) is 8.19. The second-order valence-electron chi connectivity index (χ2n) is 8.31. The fourth-order valence-corrected chi connectivity index (χ4v) is 6.45. The number of carbonyl (C=O) groups is 1. The van der Waals surface area contributed by atoms with Crippen LogP contribution < -0.4 is 5.73 Å². The summed E-state index contributed by atoms with van der Waals surface area (Å²) in [6.07, 6.45) is 7.87. The van der Waals surface area contributed by atoms with Crippen LogP contribution in [0.2, 0.25) is 0 Å². The molecule has 2 atom stereocenters. The predicted octanol–water partition coefficient (Wildman–Crippen LogP) is 1.62. The monoisotopic (exact) mass is 260 g/mol. The van der Waals surface area contributed by atoms with Crippen molar-refractivity contribution in [3.63, 3.8) is 0 Å². The first kappa shape index (κ1) is 11.1. The Hall–Kier alpha value is -0.570. The summed E-state index contributed by atoms with van der Waals surface area (Å²) in [6.45, 7) is 1.93. The Balaban J connectivity index is 1.39. The van der Waals surface area contributed by atoms with Crippen molar-refractivity contribution in [2.24, 2.45) is 40.7 Å². The van der Waals surface area contributed by atoms with Gasteiger partial charge in [-0.05, 0) is 68.1 Å². The van der Waals surface area contributed by atoms with Crippen molar-refractivity contribution in [3.05, 3.63) is 0 Å². The molecule has 0 spiro atoms. The molecule has 1 heterocycles. The van der Waals surface area contributed by atoms with Gasteiger partial charge in [0, 0.05) is 19.1 Å². The SMILES string of the molecule is NC1C2CN(C(=O)C34CC5CC(CC(C5)C3)C4)CC12. The summed E-state index contributed by atoms with van der Waals surface area (Å²) in [4.78, 5) is 15.2. The quantitative estimate of drug-likeness (QED) is 0.778. The normalized spacial score (nSPS) is 57.4. The van der Waals surface area contributed by atoms with Gasteiger partial charge in [0.1, 0.15) is 0 Å². The molecule has 2 unspecified atom stereocenters. The fourth-order valence-electron chi connectivity index (χ4n) is 6.45. The molecule has 6 fully saturated rings. The summed E-state index contributed by atoms with van der Waals surface area (Å²) >= 11 is 0. The van der Waals surface area contributed by atoms with Gasteiger partial charge in [0.15, 0.2) is 0 Å². The van der Waals surface area contributed by atoms with Gasteiger partial charge >= 0.3 is 0 Å². The Labute approximate surface area is 114 Å². The van der Waals surface area contributed by atoms with Gasteiger partial charge in [0.25, 0.3) is 0 Å². The largest absolute Gasteiger partial charge is 0.342 e. The van der Waals surface area contributed by atoms with Gasteiger partial charge in [0.05, 0.1) is 5.41 Å². The van der Waals surface area contributed by atoms with Crippen LogP contribution in [-0.2, 0) is 4.79 Å². The van der Waals surface area contributed by atoms with Crippen LogP contribution in [0.1, 0.15) is 38.5 Å². The molecule has 0 aromatic heterocycles. The average molecular weight is 260 g/mol. The number of carbonyl (C=O) groups excluding carboxylic acids is 1. The van der Waals surface area contributed by atoms with E-state index in [1.54, 1.807) is 0 Å². The molecule has 4 bridgehead atoms. The van der Waals surface area contributed by atoms with E-state index in [2.05, 4.69) is 4.90 Å². The van der Waals surface area contributed by atoms with Gasteiger partial charge in [-0.2, -0.15) is 0 Å². The Morgan fingerprint density at radius 3 is 1.89 bits per heavy atom. The number of fused-ring (bicyclic) bond motifs is 1. The predicted molar refractivity (Wildman–Crippen MR) is 72.1 cm³/mol. The molecule has 1 saturated heterocycles. The molecule has 3 heteroatoms. The maximum absolute atomic E-state index is 13.1. The molecule has 3 nitrogen and oxygen atoms in total. The van der Waals surface area contributed by atoms with E-state index in [0.717, 1.165) is 30.8 Å². The molecular formula is C16H24N2O. The molecule has 6 aliphatic rings. The fraction of sp³-hybridized carbons (Fsp3) is 0.938. The third kappa shape index (κ3) is 1.40. The van der Waals surface area contributed by atoms with Crippen molar-refractivity contribution in [2.75, 3.05) is 13.1 Å². The number of hydrogen-bond acceptors (Lipinski definition) is 2. The summed E-state index contributed by atoms with van der Waals surface area (Å²) < 4.78 is 0. The lowest BCUT2D eigenvalue weighted by Crippen LogP contribution is -2.54. The Morgan fingerprint density at radius 2 is 1.42 bits per heavy atom. The lowest BCUT2D eigenvalue weighted by atomic mass is 9.49. The van der Waals surface area contributed by atoms with E-state index in [4.69, 9.17) is 5.73 Å². The second kappa shape index (κ2) is 3.36. The molecule has 2 N–H and O–H groups in total. The third-order valence-corrected chi connectivity index (χ3v) is 7.04. The zero-order valence-corrected chi connectivity index (χ0v) is 11.6. The molecule has 6 rings (SSSR count). The molecule has 104 valence electrons. The van der Waals surface area contributed by atoms with E-state index in [0.29, 0.717) is 23.8 Å². The molecular weight excluding hydrogens is 236 g/mol. The number of amides is 1. The molecule has 5 aliphatic carbocycles. The highest BCUT2D eigenvalue weighted by Crippen LogP contribution is 2.61. The van der Waals surface area contributed by atoms with Gasteiger partial charge in [-0.1, -0.05) is 0 Å². The minimum Gasteiger partial charge on any atom is -0.342 e. The Bertz CT molecular complexity index is 399. The van der Waals surface area contributed by atoms with Crippen molar-refractivity contribution in [2.45, 2.75) is 44.6 Å². The molecule has 1 aliphatic heterocycles. The van der Waals surface area contributed by atoms with Crippen molar-refractivity contribution in [1.29, 1.82) is 0 Å². The maximum Gasteiger partial charge on any atom is 0.228 e. The Morgan fingerprint density at radius 1 is 0.947 bits per heavy atom. The average Bonchev–Trinajstić information content (AvgIpc) is 2.82. The van der Waals surface area contributed by atoms with Crippen LogP contribution in [0.15, 0.2) is 0 Å². The highest BCUT2D eigenvalue weighted by atomic mass is 16.2. The third-order valence-electron chi connectivity index (χ3n) is 7.04. The van der Waals surface area contributed by atoms with Crippen molar-refractivity contribution in [1.82, 2.24) is 4.90 Å². The van der Waals surface area contributed by atoms with Crippen molar-refractivity contribution < 1.29 is 4.79 Å². The van der Waals surface area contributed by atoms with Gasteiger partial charge in [0.2, 0.25) is 5.91 Å². The first-order chi connectivity index (χ1) is 9.14. The number of likely N-dealkylation sites (tertiary alicyclic amines) is 1. The molecule has 5 saturated carbocycles. The van der Waals surface area contributed by atoms with E-state index >= 15 is 0 Å². The number of rotatable bonds is 1. The maximum atomic E-state index is 13.1. The minimum absolute atomic E-state index is 0.0651. The lowest BCUT2D eigenvalue weighted by molar-refractivity contribution is -0.157. The van der Waals surface area contributed by atoms with Crippen LogP contribution in [0.25, 0.3) is 0 Å². The summed E-state index contributed by atoms with van der Waals surface area (Å²) in [5.74, 6) is 4.40. The zero-order chi connectivity index (χ0) is 12.8. The van der Waals surface area contributed by atoms with Gasteiger partial charge in [-0.3, -0.25) is 4.79 Å². The number of piperidine rings is 1. The molecule has 0 radical (unpaired) electrons. The standard InChI is InChI=1S/C16H24N2O/c17-14-12-7-18(8-13(12)14)15(19)16-4-9-1-10(5-16)3-11(2-9)6-16/h9-14H,1-8,17H2. The second-order valence-corrected chi connectivity index (χ2v) is 8.31. The summed E-state index contributed by atoms with van der Waals surface area (Å²) in [5.41, 5.74) is 6.07. The van der Waals surface area contributed by atoms with E-state index < -0.39 is 0 Å². The van der Waals surface area contributed by atoms with Crippen LogP contribution in [-0.4, -0.2) is 29.9 Å². The van der Waals surface area contributed by atoms with Crippen LogP contribution >= 0.6 is 0 Å². The van der Waals surface area contributed by atoms with Crippen LogP contribution in [0, 0.1) is 35.0 Å². The van der Waals surface area contributed by atoms with Crippen LogP contribution in [0.4, 0.5) is 0 Å². The van der Waals surface area contributed by atoms with Gasteiger partial charge in [-0.15, -0.1) is 0 Å². The summed E-state index contributed by atoms with van der Waals surface area (Å²) in [6, 6.07) is 0.403. The molecule has 1 amide bonds. The Kier molecular flexibility index (Phi) is 1.97. The number of nitrogens with two attached hydrogens (primary N) is 1. The molecule has 0 aromatic rings. The lowest BCUT2D eigenvalue weighted by Gasteiger charge is -2.56. The number of hydrogen-bond donors (Lipinski definition) is 1. The molecule has 19 heavy (non-hydrogen) atoms. The molecule has 0 aromatic carbocycles. The van der Waals surface area contributed by atoms with Gasteiger partial charge < -0.3 is 10.6 Å². The van der Waals surface area contributed by atoms with Crippen LogP contribution in [0.5, 0.6) is 0 Å². The van der Waals surface area contributed by atoms with Gasteiger partial charge in [-0.25, -0.2) is 0 Å².